The van der Waals surface area contributed by atoms with Gasteiger partial charge in [0.15, 0.2) is 0 Å². The summed E-state index contributed by atoms with van der Waals surface area (Å²) in [6, 6.07) is -0.999. The number of nitrogens with one attached hydrogen (secondary N) is 1. The topological polar surface area (TPSA) is 110 Å². The number of aliphatic hydroxyl groups is 4. The summed E-state index contributed by atoms with van der Waals surface area (Å²) in [5.74, 6) is -0.585. The lowest BCUT2D eigenvalue weighted by Crippen LogP contribution is -2.53. The molecule has 4 atom stereocenters. The van der Waals surface area contributed by atoms with Gasteiger partial charge in [-0.05, 0) is 38.5 Å². The number of carbonyl (C=O) groups excluding carboxylic acids is 1. The Kier molecular flexibility index (Phi) is 56.2. The van der Waals surface area contributed by atoms with Crippen molar-refractivity contribution in [2.24, 2.45) is 0 Å². The summed E-state index contributed by atoms with van der Waals surface area (Å²) in [5, 5.41) is 44.0. The fourth-order valence-corrected chi connectivity index (χ4v) is 10.1. The molecule has 0 spiro atoms. The van der Waals surface area contributed by atoms with Crippen LogP contribution in [0.25, 0.3) is 0 Å². The third-order valence-electron chi connectivity index (χ3n) is 15.0. The first kappa shape index (κ1) is 67.0. The van der Waals surface area contributed by atoms with Gasteiger partial charge in [0.05, 0.1) is 18.8 Å². The Balaban J connectivity index is 3.56. The number of hydrogen-bond acceptors (Lipinski definition) is 5. The second kappa shape index (κ2) is 57.0. The molecular weight excluding hydrogens is 839 g/mol. The molecule has 0 aliphatic carbocycles. The van der Waals surface area contributed by atoms with Crippen molar-refractivity contribution in [2.75, 3.05) is 6.61 Å². The first-order valence-electron chi connectivity index (χ1n) is 31.1. The fraction of sp³-hybridized carbons (Fsp3) is 0.952. The molecule has 0 aromatic rings. The molecule has 0 aliphatic rings. The number of amides is 1. The van der Waals surface area contributed by atoms with Gasteiger partial charge in [-0.25, -0.2) is 0 Å². The lowest BCUT2D eigenvalue weighted by molar-refractivity contribution is -0.132. The second-order valence-electron chi connectivity index (χ2n) is 21.8. The average Bonchev–Trinajstić information content (AvgIpc) is 3.34. The van der Waals surface area contributed by atoms with Crippen LogP contribution < -0.4 is 5.32 Å². The van der Waals surface area contributed by atoms with Crippen LogP contribution in [0.5, 0.6) is 0 Å². The van der Waals surface area contributed by atoms with E-state index in [-0.39, 0.29) is 0 Å². The number of hydrogen-bond donors (Lipinski definition) is 5. The Morgan fingerprint density at radius 2 is 0.603 bits per heavy atom. The van der Waals surface area contributed by atoms with Gasteiger partial charge in [-0.3, -0.25) is 4.79 Å². The molecular formula is C62H123NO5. The maximum Gasteiger partial charge on any atom is 0.249 e. The Labute approximate surface area is 425 Å². The summed E-state index contributed by atoms with van der Waals surface area (Å²) in [4.78, 5) is 12.6. The van der Waals surface area contributed by atoms with Crippen LogP contribution in [0.1, 0.15) is 348 Å². The van der Waals surface area contributed by atoms with E-state index in [0.717, 1.165) is 38.5 Å². The summed E-state index contributed by atoms with van der Waals surface area (Å²) >= 11 is 0. The Bertz CT molecular complexity index is 990. The van der Waals surface area contributed by atoms with Gasteiger partial charge in [0, 0.05) is 0 Å². The minimum Gasteiger partial charge on any atom is -0.394 e. The van der Waals surface area contributed by atoms with Crippen molar-refractivity contribution in [3.05, 3.63) is 12.2 Å². The van der Waals surface area contributed by atoms with Gasteiger partial charge in [-0.2, -0.15) is 0 Å². The van der Waals surface area contributed by atoms with Crippen LogP contribution in [0.4, 0.5) is 0 Å². The molecule has 0 radical (unpaired) electrons. The maximum absolute atomic E-state index is 12.6. The van der Waals surface area contributed by atoms with E-state index in [2.05, 4.69) is 31.3 Å². The Morgan fingerprint density at radius 1 is 0.353 bits per heavy atom. The van der Waals surface area contributed by atoms with E-state index in [1.807, 2.05) is 0 Å². The van der Waals surface area contributed by atoms with Gasteiger partial charge in [-0.1, -0.05) is 321 Å². The summed E-state index contributed by atoms with van der Waals surface area (Å²) in [7, 11) is 0. The highest BCUT2D eigenvalue weighted by Crippen LogP contribution is 2.19. The van der Waals surface area contributed by atoms with Crippen LogP contribution >= 0.6 is 0 Å². The van der Waals surface area contributed by atoms with Gasteiger partial charge in [0.2, 0.25) is 5.91 Å². The molecule has 68 heavy (non-hydrogen) atoms. The molecule has 5 N–H and O–H groups in total. The highest BCUT2D eigenvalue weighted by Gasteiger charge is 2.28. The van der Waals surface area contributed by atoms with Crippen molar-refractivity contribution in [2.45, 2.75) is 372 Å². The van der Waals surface area contributed by atoms with Crippen molar-refractivity contribution in [3.63, 3.8) is 0 Å². The molecule has 1 amide bonds. The number of carbonyl (C=O) groups is 1. The normalized spacial score (nSPS) is 13.7. The zero-order valence-electron chi connectivity index (χ0n) is 46.1. The van der Waals surface area contributed by atoms with Crippen molar-refractivity contribution >= 4 is 5.91 Å². The number of allylic oxidation sites excluding steroid dienone is 2. The fourth-order valence-electron chi connectivity index (χ4n) is 10.1. The van der Waals surface area contributed by atoms with Crippen LogP contribution in [0.3, 0.4) is 0 Å². The largest absolute Gasteiger partial charge is 0.394 e. The minimum atomic E-state index is -1.28. The third-order valence-corrected chi connectivity index (χ3v) is 15.0. The zero-order chi connectivity index (χ0) is 49.5. The summed E-state index contributed by atoms with van der Waals surface area (Å²) in [6.45, 7) is 4.09. The van der Waals surface area contributed by atoms with E-state index in [4.69, 9.17) is 0 Å². The third kappa shape index (κ3) is 50.0. The molecule has 0 saturated carbocycles. The monoisotopic (exact) mass is 962 g/mol. The lowest BCUT2D eigenvalue weighted by Gasteiger charge is -2.27. The van der Waals surface area contributed by atoms with Crippen molar-refractivity contribution in [1.29, 1.82) is 0 Å². The summed E-state index contributed by atoms with van der Waals surface area (Å²) in [6.07, 6.45) is 68.8. The first-order valence-corrected chi connectivity index (χ1v) is 31.1. The molecule has 406 valence electrons. The first-order chi connectivity index (χ1) is 33.5. The van der Waals surface area contributed by atoms with Crippen molar-refractivity contribution in [3.8, 4) is 0 Å². The Morgan fingerprint density at radius 3 is 0.882 bits per heavy atom. The highest BCUT2D eigenvalue weighted by atomic mass is 16.3. The van der Waals surface area contributed by atoms with Gasteiger partial charge >= 0.3 is 0 Å². The molecule has 0 saturated heterocycles. The van der Waals surface area contributed by atoms with E-state index in [1.54, 1.807) is 0 Å². The molecule has 0 aliphatic heterocycles. The molecule has 6 heteroatoms. The van der Waals surface area contributed by atoms with Crippen molar-refractivity contribution < 1.29 is 25.2 Å². The number of aliphatic hydroxyl groups excluding tert-OH is 4. The van der Waals surface area contributed by atoms with E-state index in [9.17, 15) is 25.2 Å². The molecule has 0 rings (SSSR count). The second-order valence-corrected chi connectivity index (χ2v) is 21.8. The van der Waals surface area contributed by atoms with Gasteiger partial charge in [0.25, 0.3) is 0 Å². The molecule has 0 aromatic carbocycles. The highest BCUT2D eigenvalue weighted by molar-refractivity contribution is 5.80. The van der Waals surface area contributed by atoms with Crippen LogP contribution in [-0.4, -0.2) is 57.3 Å². The van der Waals surface area contributed by atoms with Crippen LogP contribution in [0, 0.1) is 0 Å². The smallest absolute Gasteiger partial charge is 0.249 e. The predicted octanol–water partition coefficient (Wildman–Crippen LogP) is 18.4. The number of rotatable bonds is 58. The van der Waals surface area contributed by atoms with Gasteiger partial charge in [-0.15, -0.1) is 0 Å². The molecule has 6 nitrogen and oxygen atoms in total. The average molecular weight is 963 g/mol. The predicted molar refractivity (Wildman–Crippen MR) is 298 cm³/mol. The van der Waals surface area contributed by atoms with E-state index >= 15 is 0 Å². The molecule has 0 heterocycles. The van der Waals surface area contributed by atoms with Gasteiger partial charge in [0.1, 0.15) is 12.2 Å². The zero-order valence-corrected chi connectivity index (χ0v) is 46.1. The minimum absolute atomic E-state index is 0.369. The Hall–Kier alpha value is -0.950. The van der Waals surface area contributed by atoms with E-state index in [0.29, 0.717) is 12.8 Å². The molecule has 0 aromatic heterocycles. The van der Waals surface area contributed by atoms with Crippen LogP contribution in [0.15, 0.2) is 12.2 Å². The SMILES string of the molecule is CCCCCCCCCCCCCCCCCC/C=C/CCCC(O)C(O)C(CO)NC(=O)C(O)CCCCCCCCCCCCCCCCCCCCCCCCCCCCCCCCC. The lowest BCUT2D eigenvalue weighted by atomic mass is 10.00. The van der Waals surface area contributed by atoms with E-state index in [1.165, 1.54) is 283 Å². The molecule has 0 fully saturated rings. The number of unbranched alkanes of at least 4 members (excludes halogenated alkanes) is 47. The summed E-state index contributed by atoms with van der Waals surface area (Å²) in [5.41, 5.74) is 0. The van der Waals surface area contributed by atoms with Crippen LogP contribution in [-0.2, 0) is 4.79 Å². The standard InChI is InChI=1S/C62H123NO5/c1-3-5-7-9-11-13-15-17-19-21-23-25-26-27-28-29-30-31-32-33-34-36-38-40-42-44-46-48-50-52-54-56-60(66)62(68)63-58(57-64)61(67)59(65)55-53-51-49-47-45-43-41-39-37-35-24-22-20-18-16-14-12-10-8-6-4-2/h47,49,58-61,64-67H,3-46,48,50-57H2,1-2H3,(H,63,68)/b49-47+. The van der Waals surface area contributed by atoms with Gasteiger partial charge < -0.3 is 25.7 Å². The summed E-state index contributed by atoms with van der Waals surface area (Å²) < 4.78 is 0. The quantitative estimate of drug-likeness (QED) is 0.0308. The van der Waals surface area contributed by atoms with E-state index < -0.39 is 36.9 Å². The maximum atomic E-state index is 12.6. The molecule has 0 bridgehead atoms. The molecule has 4 unspecified atom stereocenters. The van der Waals surface area contributed by atoms with Crippen LogP contribution in [0.2, 0.25) is 0 Å². The van der Waals surface area contributed by atoms with Crippen molar-refractivity contribution in [1.82, 2.24) is 5.32 Å².